The fourth-order valence-electron chi connectivity index (χ4n) is 2.38. The number of rotatable bonds is 5. The number of benzene rings is 1. The summed E-state index contributed by atoms with van der Waals surface area (Å²) in [6.45, 7) is 8.99. The van der Waals surface area contributed by atoms with E-state index in [1.165, 1.54) is 6.07 Å². The molecule has 0 aliphatic carbocycles. The van der Waals surface area contributed by atoms with Crippen molar-refractivity contribution >= 4 is 0 Å². The van der Waals surface area contributed by atoms with Gasteiger partial charge in [-0.1, -0.05) is 39.8 Å². The van der Waals surface area contributed by atoms with Crippen molar-refractivity contribution in [2.45, 2.75) is 46.7 Å². The highest BCUT2D eigenvalue weighted by atomic mass is 19.1. The molecule has 5 heteroatoms. The molecular weight excluding hydrogens is 267 g/mol. The van der Waals surface area contributed by atoms with Crippen LogP contribution in [0.15, 0.2) is 24.3 Å². The summed E-state index contributed by atoms with van der Waals surface area (Å²) in [5, 5.41) is 10.5. The van der Waals surface area contributed by atoms with Gasteiger partial charge < -0.3 is 5.32 Å². The largest absolute Gasteiger partial charge is 0.302 e. The van der Waals surface area contributed by atoms with E-state index in [9.17, 15) is 4.39 Å². The average molecular weight is 290 g/mol. The van der Waals surface area contributed by atoms with Crippen LogP contribution in [0.3, 0.4) is 0 Å². The Balaban J connectivity index is 2.14. The number of nitrogens with zero attached hydrogens (tertiary/aromatic N) is 2. The molecule has 1 atom stereocenters. The van der Waals surface area contributed by atoms with Crippen molar-refractivity contribution in [2.75, 3.05) is 0 Å². The lowest BCUT2D eigenvalue weighted by Gasteiger charge is -2.32. The van der Waals surface area contributed by atoms with E-state index in [-0.39, 0.29) is 17.3 Å². The lowest BCUT2D eigenvalue weighted by atomic mass is 9.82. The zero-order chi connectivity index (χ0) is 15.5. The number of aryl methyl sites for hydroxylation is 1. The first kappa shape index (κ1) is 15.6. The summed E-state index contributed by atoms with van der Waals surface area (Å²) in [5.41, 5.74) is 0.902. The molecule has 0 unspecified atom stereocenters. The van der Waals surface area contributed by atoms with Crippen LogP contribution in [-0.4, -0.2) is 15.2 Å². The van der Waals surface area contributed by atoms with Gasteiger partial charge in [0, 0.05) is 12.5 Å². The standard InChI is InChI=1S/C16H23FN4/c1-5-13-19-14(21-20-13)10-18-15(16(2,3)4)11-7-6-8-12(17)9-11/h6-9,15,18H,5,10H2,1-4H3,(H,19,20,21)/t15-/m0/s1. The molecule has 0 amide bonds. The van der Waals surface area contributed by atoms with E-state index in [4.69, 9.17) is 0 Å². The number of aromatic amines is 1. The summed E-state index contributed by atoms with van der Waals surface area (Å²) >= 11 is 0. The number of aromatic nitrogens is 3. The minimum absolute atomic E-state index is 0.0309. The molecule has 0 radical (unpaired) electrons. The molecule has 2 aromatic rings. The first-order valence-corrected chi connectivity index (χ1v) is 7.29. The van der Waals surface area contributed by atoms with Crippen LogP contribution >= 0.6 is 0 Å². The fourth-order valence-corrected chi connectivity index (χ4v) is 2.38. The highest BCUT2D eigenvalue weighted by Crippen LogP contribution is 2.33. The van der Waals surface area contributed by atoms with E-state index in [2.05, 4.69) is 41.3 Å². The minimum Gasteiger partial charge on any atom is -0.302 e. The maximum absolute atomic E-state index is 13.5. The average Bonchev–Trinajstić information content (AvgIpc) is 2.85. The minimum atomic E-state index is -0.212. The van der Waals surface area contributed by atoms with Gasteiger partial charge in [0.15, 0.2) is 0 Å². The molecular formula is C16H23FN4. The molecule has 1 aromatic carbocycles. The van der Waals surface area contributed by atoms with Crippen LogP contribution in [0.4, 0.5) is 4.39 Å². The summed E-state index contributed by atoms with van der Waals surface area (Å²) in [5.74, 6) is 1.40. The lowest BCUT2D eigenvalue weighted by molar-refractivity contribution is 0.269. The van der Waals surface area contributed by atoms with Crippen molar-refractivity contribution in [1.82, 2.24) is 20.5 Å². The van der Waals surface area contributed by atoms with Gasteiger partial charge in [0.25, 0.3) is 0 Å². The summed E-state index contributed by atoms with van der Waals surface area (Å²) in [6, 6.07) is 6.77. The van der Waals surface area contributed by atoms with E-state index in [0.717, 1.165) is 23.6 Å². The zero-order valence-corrected chi connectivity index (χ0v) is 13.1. The molecule has 21 heavy (non-hydrogen) atoms. The maximum Gasteiger partial charge on any atom is 0.150 e. The Bertz CT molecular complexity index is 586. The lowest BCUT2D eigenvalue weighted by Crippen LogP contribution is -2.32. The third-order valence-electron chi connectivity index (χ3n) is 3.42. The molecule has 0 aliphatic heterocycles. The summed E-state index contributed by atoms with van der Waals surface area (Å²) in [6.07, 6.45) is 0.809. The van der Waals surface area contributed by atoms with Gasteiger partial charge in [0.05, 0.1) is 6.54 Å². The van der Waals surface area contributed by atoms with Gasteiger partial charge in [-0.25, -0.2) is 9.37 Å². The van der Waals surface area contributed by atoms with Gasteiger partial charge >= 0.3 is 0 Å². The van der Waals surface area contributed by atoms with Crippen LogP contribution in [0.5, 0.6) is 0 Å². The molecule has 0 fully saturated rings. The first-order valence-electron chi connectivity index (χ1n) is 7.29. The molecule has 0 bridgehead atoms. The Morgan fingerprint density at radius 1 is 1.33 bits per heavy atom. The molecule has 4 nitrogen and oxygen atoms in total. The second-order valence-corrected chi connectivity index (χ2v) is 6.29. The van der Waals surface area contributed by atoms with Crippen LogP contribution in [0, 0.1) is 11.2 Å². The highest BCUT2D eigenvalue weighted by molar-refractivity contribution is 5.22. The number of H-pyrrole nitrogens is 1. The molecule has 1 aromatic heterocycles. The van der Waals surface area contributed by atoms with Crippen molar-refractivity contribution in [3.8, 4) is 0 Å². The van der Waals surface area contributed by atoms with Gasteiger partial charge in [0.2, 0.25) is 0 Å². The van der Waals surface area contributed by atoms with Crippen LogP contribution < -0.4 is 5.32 Å². The molecule has 2 rings (SSSR count). The highest BCUT2D eigenvalue weighted by Gasteiger charge is 2.26. The van der Waals surface area contributed by atoms with Crippen molar-refractivity contribution < 1.29 is 4.39 Å². The quantitative estimate of drug-likeness (QED) is 0.887. The number of nitrogens with one attached hydrogen (secondary N) is 2. The summed E-state index contributed by atoms with van der Waals surface area (Å²) < 4.78 is 13.5. The predicted molar refractivity (Wildman–Crippen MR) is 81.2 cm³/mol. The van der Waals surface area contributed by atoms with Crippen LogP contribution in [-0.2, 0) is 13.0 Å². The molecule has 0 aliphatic rings. The Hall–Kier alpha value is -1.75. The second-order valence-electron chi connectivity index (χ2n) is 6.29. The topological polar surface area (TPSA) is 53.6 Å². The van der Waals surface area contributed by atoms with E-state index in [1.807, 2.05) is 13.0 Å². The maximum atomic E-state index is 13.5. The summed E-state index contributed by atoms with van der Waals surface area (Å²) in [4.78, 5) is 4.39. The van der Waals surface area contributed by atoms with Gasteiger partial charge in [-0.3, -0.25) is 5.10 Å². The second kappa shape index (κ2) is 6.35. The van der Waals surface area contributed by atoms with E-state index in [1.54, 1.807) is 12.1 Å². The number of hydrogen-bond acceptors (Lipinski definition) is 3. The van der Waals surface area contributed by atoms with Crippen molar-refractivity contribution in [3.63, 3.8) is 0 Å². The van der Waals surface area contributed by atoms with Crippen molar-refractivity contribution in [3.05, 3.63) is 47.3 Å². The normalized spacial score (nSPS) is 13.4. The molecule has 0 saturated heterocycles. The Morgan fingerprint density at radius 3 is 2.67 bits per heavy atom. The van der Waals surface area contributed by atoms with Gasteiger partial charge in [0.1, 0.15) is 17.5 Å². The Morgan fingerprint density at radius 2 is 2.10 bits per heavy atom. The van der Waals surface area contributed by atoms with Crippen LogP contribution in [0.2, 0.25) is 0 Å². The van der Waals surface area contributed by atoms with Gasteiger partial charge in [-0.2, -0.15) is 5.10 Å². The van der Waals surface area contributed by atoms with Crippen molar-refractivity contribution in [2.24, 2.45) is 5.41 Å². The predicted octanol–water partition coefficient (Wildman–Crippen LogP) is 3.38. The zero-order valence-electron chi connectivity index (χ0n) is 13.1. The Kier molecular flexibility index (Phi) is 4.73. The van der Waals surface area contributed by atoms with Gasteiger partial charge in [-0.05, 0) is 23.1 Å². The first-order chi connectivity index (χ1) is 9.90. The van der Waals surface area contributed by atoms with Crippen LogP contribution in [0.25, 0.3) is 0 Å². The Labute approximate surface area is 125 Å². The van der Waals surface area contributed by atoms with E-state index >= 15 is 0 Å². The van der Waals surface area contributed by atoms with E-state index in [0.29, 0.717) is 6.54 Å². The van der Waals surface area contributed by atoms with Crippen LogP contribution in [0.1, 0.15) is 50.9 Å². The van der Waals surface area contributed by atoms with Crippen molar-refractivity contribution in [1.29, 1.82) is 0 Å². The molecule has 0 saturated carbocycles. The molecule has 1 heterocycles. The smallest absolute Gasteiger partial charge is 0.150 e. The third-order valence-corrected chi connectivity index (χ3v) is 3.42. The van der Waals surface area contributed by atoms with Gasteiger partial charge in [-0.15, -0.1) is 0 Å². The number of hydrogen-bond donors (Lipinski definition) is 2. The summed E-state index contributed by atoms with van der Waals surface area (Å²) in [7, 11) is 0. The number of halogens is 1. The fraction of sp³-hybridized carbons (Fsp3) is 0.500. The monoisotopic (exact) mass is 290 g/mol. The molecule has 2 N–H and O–H groups in total. The van der Waals surface area contributed by atoms with E-state index < -0.39 is 0 Å². The third kappa shape index (κ3) is 4.11. The SMILES string of the molecule is CCc1n[nH]c(CN[C@@H](c2cccc(F)c2)C(C)(C)C)n1. The molecule has 114 valence electrons. The molecule has 0 spiro atoms.